The number of alkyl halides is 3. The molecule has 1 atom stereocenters. The third-order valence-electron chi connectivity index (χ3n) is 4.03. The Hall–Kier alpha value is -2.45. The third kappa shape index (κ3) is 7.76. The van der Waals surface area contributed by atoms with Crippen molar-refractivity contribution in [3.05, 3.63) is 65.2 Å². The lowest BCUT2D eigenvalue weighted by Gasteiger charge is -2.14. The van der Waals surface area contributed by atoms with E-state index in [4.69, 9.17) is 9.47 Å². The lowest BCUT2D eigenvalue weighted by Crippen LogP contribution is -2.12. The van der Waals surface area contributed by atoms with E-state index < -0.39 is 11.7 Å². The highest BCUT2D eigenvalue weighted by Crippen LogP contribution is 2.29. The van der Waals surface area contributed by atoms with Crippen LogP contribution in [0.25, 0.3) is 6.08 Å². The molecule has 4 nitrogen and oxygen atoms in total. The van der Waals surface area contributed by atoms with E-state index in [2.05, 4.69) is 4.74 Å². The van der Waals surface area contributed by atoms with E-state index in [-0.39, 0.29) is 12.9 Å². The molecule has 0 amide bonds. The molecular weight excluding hydrogens is 417 g/mol. The van der Waals surface area contributed by atoms with E-state index in [0.717, 1.165) is 22.6 Å². The predicted octanol–water partition coefficient (Wildman–Crippen LogP) is 5.73. The van der Waals surface area contributed by atoms with Crippen molar-refractivity contribution in [2.75, 3.05) is 19.2 Å². The van der Waals surface area contributed by atoms with Gasteiger partial charge in [-0.15, -0.1) is 11.8 Å². The Morgan fingerprint density at radius 3 is 2.47 bits per heavy atom. The maximum atomic E-state index is 12.7. The molecule has 0 saturated heterocycles. The van der Waals surface area contributed by atoms with Crippen LogP contribution in [-0.2, 0) is 20.4 Å². The first-order valence-electron chi connectivity index (χ1n) is 9.22. The number of carbonyl (C=O) groups excluding carboxylic acids is 1. The SMILES string of the molecule is CCOC(C=Cc1ccc(C(F)(F)F)cc1)CSc1ccc(OCOC=O)c(C)c1. The molecule has 0 N–H and O–H groups in total. The molecule has 1 unspecified atom stereocenters. The molecule has 30 heavy (non-hydrogen) atoms. The van der Waals surface area contributed by atoms with Crippen LogP contribution in [0.4, 0.5) is 13.2 Å². The fourth-order valence-corrected chi connectivity index (χ4v) is 3.54. The molecular formula is C22H23F3O4S. The summed E-state index contributed by atoms with van der Waals surface area (Å²) in [6, 6.07) is 10.7. The van der Waals surface area contributed by atoms with Crippen LogP contribution in [-0.4, -0.2) is 31.7 Å². The van der Waals surface area contributed by atoms with Gasteiger partial charge in [-0.1, -0.05) is 24.3 Å². The third-order valence-corrected chi connectivity index (χ3v) is 5.12. The quantitative estimate of drug-likeness (QED) is 0.193. The number of aryl methyl sites for hydroxylation is 1. The van der Waals surface area contributed by atoms with Gasteiger partial charge in [-0.05, 0) is 55.3 Å². The van der Waals surface area contributed by atoms with Gasteiger partial charge >= 0.3 is 6.18 Å². The van der Waals surface area contributed by atoms with E-state index >= 15 is 0 Å². The summed E-state index contributed by atoms with van der Waals surface area (Å²) in [5, 5.41) is 0. The van der Waals surface area contributed by atoms with E-state index in [1.54, 1.807) is 23.9 Å². The molecule has 0 aliphatic carbocycles. The standard InChI is InChI=1S/C22H23F3O4S/c1-3-28-19(9-6-17-4-7-18(8-5-17)22(23,24)25)13-30-20-10-11-21(16(2)12-20)29-15-27-14-26/h4-12,14,19H,3,13,15H2,1-2H3. The Kier molecular flexibility index (Phi) is 9.26. The number of halogens is 3. The molecule has 2 aromatic carbocycles. The maximum Gasteiger partial charge on any atom is 0.416 e. The second kappa shape index (κ2) is 11.7. The average Bonchev–Trinajstić information content (AvgIpc) is 2.71. The second-order valence-corrected chi connectivity index (χ2v) is 7.33. The Balaban J connectivity index is 1.96. The van der Waals surface area contributed by atoms with Gasteiger partial charge in [0, 0.05) is 17.3 Å². The molecule has 8 heteroatoms. The smallest absolute Gasteiger partial charge is 0.416 e. The summed E-state index contributed by atoms with van der Waals surface area (Å²) in [7, 11) is 0. The Labute approximate surface area is 178 Å². The first-order chi connectivity index (χ1) is 14.3. The van der Waals surface area contributed by atoms with Crippen LogP contribution in [0.15, 0.2) is 53.4 Å². The molecule has 162 valence electrons. The largest absolute Gasteiger partial charge is 0.457 e. The van der Waals surface area contributed by atoms with E-state index in [0.29, 0.717) is 30.1 Å². The van der Waals surface area contributed by atoms with Crippen LogP contribution in [0, 0.1) is 6.92 Å². The first-order valence-corrected chi connectivity index (χ1v) is 10.2. The van der Waals surface area contributed by atoms with Crippen LogP contribution >= 0.6 is 11.8 Å². The van der Waals surface area contributed by atoms with Gasteiger partial charge in [-0.3, -0.25) is 4.79 Å². The van der Waals surface area contributed by atoms with Gasteiger partial charge in [0.25, 0.3) is 6.47 Å². The summed E-state index contributed by atoms with van der Waals surface area (Å²) >= 11 is 1.59. The zero-order chi connectivity index (χ0) is 22.0. The molecule has 0 aromatic heterocycles. The van der Waals surface area contributed by atoms with Crippen LogP contribution in [0.5, 0.6) is 5.75 Å². The number of hydrogen-bond donors (Lipinski definition) is 0. The van der Waals surface area contributed by atoms with Crippen molar-refractivity contribution in [1.82, 2.24) is 0 Å². The van der Waals surface area contributed by atoms with E-state index in [1.165, 1.54) is 12.1 Å². The predicted molar refractivity (Wildman–Crippen MR) is 110 cm³/mol. The minimum absolute atomic E-state index is 0.141. The van der Waals surface area contributed by atoms with Crippen LogP contribution in [0.3, 0.4) is 0 Å². The number of ether oxygens (including phenoxy) is 3. The topological polar surface area (TPSA) is 44.8 Å². The minimum Gasteiger partial charge on any atom is -0.457 e. The number of rotatable bonds is 11. The van der Waals surface area contributed by atoms with Gasteiger partial charge < -0.3 is 14.2 Å². The highest BCUT2D eigenvalue weighted by molar-refractivity contribution is 7.99. The van der Waals surface area contributed by atoms with Crippen LogP contribution < -0.4 is 4.74 Å². The molecule has 0 saturated carbocycles. The second-order valence-electron chi connectivity index (χ2n) is 6.24. The van der Waals surface area contributed by atoms with Crippen LogP contribution in [0.2, 0.25) is 0 Å². The van der Waals surface area contributed by atoms with E-state index in [1.807, 2.05) is 32.1 Å². The highest BCUT2D eigenvalue weighted by Gasteiger charge is 2.29. The van der Waals surface area contributed by atoms with Crippen molar-refractivity contribution < 1.29 is 32.2 Å². The zero-order valence-electron chi connectivity index (χ0n) is 16.6. The Morgan fingerprint density at radius 1 is 1.13 bits per heavy atom. The Bertz CT molecular complexity index is 835. The van der Waals surface area contributed by atoms with Gasteiger partial charge in [-0.2, -0.15) is 13.2 Å². The highest BCUT2D eigenvalue weighted by atomic mass is 32.2. The number of thioether (sulfide) groups is 1. The van der Waals surface area contributed by atoms with Crippen molar-refractivity contribution >= 4 is 24.3 Å². The number of hydrogen-bond acceptors (Lipinski definition) is 5. The first kappa shape index (κ1) is 23.8. The summed E-state index contributed by atoms with van der Waals surface area (Å²) in [5.41, 5.74) is 0.910. The Morgan fingerprint density at radius 2 is 1.87 bits per heavy atom. The van der Waals surface area contributed by atoms with Crippen molar-refractivity contribution in [2.45, 2.75) is 31.0 Å². The van der Waals surface area contributed by atoms with E-state index in [9.17, 15) is 18.0 Å². The van der Waals surface area contributed by atoms with Gasteiger partial charge in [0.1, 0.15) is 5.75 Å². The molecule has 2 rings (SSSR count). The lowest BCUT2D eigenvalue weighted by molar-refractivity contribution is -0.137. The fourth-order valence-electron chi connectivity index (χ4n) is 2.55. The lowest BCUT2D eigenvalue weighted by atomic mass is 10.1. The molecule has 0 aliphatic heterocycles. The van der Waals surface area contributed by atoms with Crippen molar-refractivity contribution in [1.29, 1.82) is 0 Å². The summed E-state index contributed by atoms with van der Waals surface area (Å²) < 4.78 is 53.6. The van der Waals surface area contributed by atoms with Gasteiger partial charge in [0.05, 0.1) is 11.7 Å². The molecule has 0 bridgehead atoms. The molecule has 2 aromatic rings. The van der Waals surface area contributed by atoms with Crippen molar-refractivity contribution in [3.63, 3.8) is 0 Å². The fraction of sp³-hybridized carbons (Fsp3) is 0.318. The molecule has 0 radical (unpaired) electrons. The van der Waals surface area contributed by atoms with Gasteiger partial charge in [-0.25, -0.2) is 0 Å². The summed E-state index contributed by atoms with van der Waals surface area (Å²) in [6.07, 6.45) is -0.928. The average molecular weight is 440 g/mol. The van der Waals surface area contributed by atoms with Gasteiger partial charge in [0.2, 0.25) is 6.79 Å². The maximum absolute atomic E-state index is 12.7. The molecule has 0 spiro atoms. The molecule has 0 heterocycles. The number of carbonyl (C=O) groups is 1. The summed E-state index contributed by atoms with van der Waals surface area (Å²) in [6.45, 7) is 4.49. The van der Waals surface area contributed by atoms with Crippen molar-refractivity contribution in [2.24, 2.45) is 0 Å². The molecule has 0 fully saturated rings. The molecule has 0 aliphatic rings. The number of benzene rings is 2. The monoisotopic (exact) mass is 440 g/mol. The zero-order valence-corrected chi connectivity index (χ0v) is 17.5. The summed E-state index contributed by atoms with van der Waals surface area (Å²) in [5.74, 6) is 1.27. The van der Waals surface area contributed by atoms with Crippen LogP contribution in [0.1, 0.15) is 23.6 Å². The van der Waals surface area contributed by atoms with Crippen molar-refractivity contribution in [3.8, 4) is 5.75 Å². The van der Waals surface area contributed by atoms with Gasteiger partial charge in [0.15, 0.2) is 0 Å². The summed E-state index contributed by atoms with van der Waals surface area (Å²) in [4.78, 5) is 11.2. The normalized spacial score (nSPS) is 12.7. The minimum atomic E-state index is -4.34.